The Kier molecular flexibility index (Phi) is 6.44. The number of methoxy groups -OCH3 is 1. The average molecular weight is 381 g/mol. The zero-order chi connectivity index (χ0) is 20.0. The molecule has 0 aromatic heterocycles. The summed E-state index contributed by atoms with van der Waals surface area (Å²) in [5.74, 6) is 0.139. The molecule has 2 aromatic rings. The molecule has 1 amide bonds. The van der Waals surface area contributed by atoms with Crippen molar-refractivity contribution in [3.05, 3.63) is 59.2 Å². The third-order valence-electron chi connectivity index (χ3n) is 3.69. The SMILES string of the molecule is COc1ccc(C(C)=O)c(OCCNC(=O)c2ccc(C(F)(F)F)cc2)c1. The molecule has 0 saturated carbocycles. The van der Waals surface area contributed by atoms with Gasteiger partial charge in [-0.05, 0) is 43.3 Å². The predicted octanol–water partition coefficient (Wildman–Crippen LogP) is 3.73. The lowest BCUT2D eigenvalue weighted by Crippen LogP contribution is -2.28. The topological polar surface area (TPSA) is 64.6 Å². The molecule has 144 valence electrons. The van der Waals surface area contributed by atoms with Gasteiger partial charge in [0, 0.05) is 11.6 Å². The van der Waals surface area contributed by atoms with E-state index in [1.807, 2.05) is 0 Å². The standard InChI is InChI=1S/C19H18F3NO4/c1-12(24)16-8-7-15(26-2)11-17(16)27-10-9-23-18(25)13-3-5-14(6-4-13)19(20,21)22/h3-8,11H,9-10H2,1-2H3,(H,23,25). The third kappa shape index (κ3) is 5.47. The Balaban J connectivity index is 1.91. The molecule has 0 heterocycles. The monoisotopic (exact) mass is 381 g/mol. The Morgan fingerprint density at radius 3 is 2.30 bits per heavy atom. The summed E-state index contributed by atoms with van der Waals surface area (Å²) < 4.78 is 48.2. The van der Waals surface area contributed by atoms with Gasteiger partial charge in [0.15, 0.2) is 5.78 Å². The lowest BCUT2D eigenvalue weighted by Gasteiger charge is -2.12. The highest BCUT2D eigenvalue weighted by Gasteiger charge is 2.30. The van der Waals surface area contributed by atoms with Crippen LogP contribution in [0.3, 0.4) is 0 Å². The molecule has 2 rings (SSSR count). The van der Waals surface area contributed by atoms with Crippen LogP contribution in [-0.4, -0.2) is 32.0 Å². The van der Waals surface area contributed by atoms with E-state index in [1.54, 1.807) is 18.2 Å². The molecule has 0 aliphatic heterocycles. The van der Waals surface area contributed by atoms with E-state index in [0.29, 0.717) is 17.1 Å². The second-order valence-electron chi connectivity index (χ2n) is 5.60. The van der Waals surface area contributed by atoms with Crippen LogP contribution in [0.25, 0.3) is 0 Å². The van der Waals surface area contributed by atoms with E-state index in [1.165, 1.54) is 14.0 Å². The fourth-order valence-electron chi connectivity index (χ4n) is 2.28. The number of carbonyl (C=O) groups excluding carboxylic acids is 2. The number of hydrogen-bond donors (Lipinski definition) is 1. The number of carbonyl (C=O) groups is 2. The molecule has 8 heteroatoms. The number of ketones is 1. The van der Waals surface area contributed by atoms with Crippen LogP contribution in [0.15, 0.2) is 42.5 Å². The molecule has 0 spiro atoms. The number of rotatable bonds is 7. The Hall–Kier alpha value is -3.03. The number of amides is 1. The summed E-state index contributed by atoms with van der Waals surface area (Å²) in [5, 5.41) is 2.54. The van der Waals surface area contributed by atoms with E-state index in [2.05, 4.69) is 5.32 Å². The second kappa shape index (κ2) is 8.57. The first-order chi connectivity index (χ1) is 12.7. The molecule has 0 atom stereocenters. The summed E-state index contributed by atoms with van der Waals surface area (Å²) in [6.45, 7) is 1.58. The van der Waals surface area contributed by atoms with Crippen LogP contribution in [0.4, 0.5) is 13.2 Å². The number of halogens is 3. The molecule has 0 saturated heterocycles. The second-order valence-corrected chi connectivity index (χ2v) is 5.60. The summed E-state index contributed by atoms with van der Waals surface area (Å²) in [6.07, 6.45) is -4.45. The summed E-state index contributed by atoms with van der Waals surface area (Å²) >= 11 is 0. The van der Waals surface area contributed by atoms with Crippen molar-refractivity contribution in [3.8, 4) is 11.5 Å². The molecular weight excluding hydrogens is 363 g/mol. The number of benzene rings is 2. The maximum Gasteiger partial charge on any atom is 0.416 e. The molecule has 0 aliphatic carbocycles. The van der Waals surface area contributed by atoms with Gasteiger partial charge in [-0.25, -0.2) is 0 Å². The van der Waals surface area contributed by atoms with Crippen LogP contribution in [0.1, 0.15) is 33.2 Å². The van der Waals surface area contributed by atoms with Crippen molar-refractivity contribution in [3.63, 3.8) is 0 Å². The summed E-state index contributed by atoms with van der Waals surface area (Å²) in [7, 11) is 1.48. The Morgan fingerprint density at radius 1 is 1.07 bits per heavy atom. The van der Waals surface area contributed by atoms with Crippen molar-refractivity contribution in [1.82, 2.24) is 5.32 Å². The van der Waals surface area contributed by atoms with E-state index in [9.17, 15) is 22.8 Å². The van der Waals surface area contributed by atoms with Gasteiger partial charge >= 0.3 is 6.18 Å². The summed E-state index contributed by atoms with van der Waals surface area (Å²) in [6, 6.07) is 8.69. The molecule has 2 aromatic carbocycles. The van der Waals surface area contributed by atoms with E-state index in [-0.39, 0.29) is 24.5 Å². The van der Waals surface area contributed by atoms with Gasteiger partial charge in [-0.1, -0.05) is 0 Å². The van der Waals surface area contributed by atoms with Crippen molar-refractivity contribution in [2.75, 3.05) is 20.3 Å². The molecule has 0 fully saturated rings. The fraction of sp³-hybridized carbons (Fsp3) is 0.263. The molecule has 1 N–H and O–H groups in total. The van der Waals surface area contributed by atoms with E-state index in [4.69, 9.17) is 9.47 Å². The van der Waals surface area contributed by atoms with Crippen molar-refractivity contribution in [1.29, 1.82) is 0 Å². The lowest BCUT2D eigenvalue weighted by molar-refractivity contribution is -0.137. The number of hydrogen-bond acceptors (Lipinski definition) is 4. The molecule has 0 radical (unpaired) electrons. The van der Waals surface area contributed by atoms with Gasteiger partial charge in [-0.15, -0.1) is 0 Å². The minimum atomic E-state index is -4.45. The minimum absolute atomic E-state index is 0.0693. The zero-order valence-corrected chi connectivity index (χ0v) is 14.7. The van der Waals surface area contributed by atoms with Crippen LogP contribution in [-0.2, 0) is 6.18 Å². The van der Waals surface area contributed by atoms with Crippen LogP contribution in [0.2, 0.25) is 0 Å². The van der Waals surface area contributed by atoms with Crippen LogP contribution >= 0.6 is 0 Å². The molecule has 27 heavy (non-hydrogen) atoms. The molecular formula is C19H18F3NO4. The minimum Gasteiger partial charge on any atom is -0.497 e. The van der Waals surface area contributed by atoms with Gasteiger partial charge in [0.1, 0.15) is 18.1 Å². The van der Waals surface area contributed by atoms with Crippen LogP contribution < -0.4 is 14.8 Å². The molecule has 0 unspecified atom stereocenters. The van der Waals surface area contributed by atoms with Crippen LogP contribution in [0.5, 0.6) is 11.5 Å². The Labute approximate surface area is 154 Å². The summed E-state index contributed by atoms with van der Waals surface area (Å²) in [5.41, 5.74) is -0.337. The number of Topliss-reactive ketones (excluding diaryl/α,β-unsaturated/α-hetero) is 1. The number of alkyl halides is 3. The Bertz CT molecular complexity index is 817. The fourth-order valence-corrected chi connectivity index (χ4v) is 2.28. The average Bonchev–Trinajstić information content (AvgIpc) is 2.64. The number of nitrogens with one attached hydrogen (secondary N) is 1. The first-order valence-electron chi connectivity index (χ1n) is 7.99. The third-order valence-corrected chi connectivity index (χ3v) is 3.69. The van der Waals surface area contributed by atoms with Crippen molar-refractivity contribution in [2.45, 2.75) is 13.1 Å². The first kappa shape index (κ1) is 20.3. The van der Waals surface area contributed by atoms with Gasteiger partial charge in [0.25, 0.3) is 5.91 Å². The Morgan fingerprint density at radius 2 is 1.74 bits per heavy atom. The van der Waals surface area contributed by atoms with E-state index < -0.39 is 17.6 Å². The highest BCUT2D eigenvalue weighted by atomic mass is 19.4. The van der Waals surface area contributed by atoms with Gasteiger partial charge in [0.05, 0.1) is 24.8 Å². The lowest BCUT2D eigenvalue weighted by atomic mass is 10.1. The van der Waals surface area contributed by atoms with Gasteiger partial charge in [0.2, 0.25) is 0 Å². The number of ether oxygens (including phenoxy) is 2. The van der Waals surface area contributed by atoms with Gasteiger partial charge < -0.3 is 14.8 Å². The first-order valence-corrected chi connectivity index (χ1v) is 7.99. The quantitative estimate of drug-likeness (QED) is 0.586. The maximum absolute atomic E-state index is 12.5. The van der Waals surface area contributed by atoms with E-state index in [0.717, 1.165) is 24.3 Å². The smallest absolute Gasteiger partial charge is 0.416 e. The summed E-state index contributed by atoms with van der Waals surface area (Å²) in [4.78, 5) is 23.6. The van der Waals surface area contributed by atoms with E-state index >= 15 is 0 Å². The molecule has 0 bridgehead atoms. The highest BCUT2D eigenvalue weighted by Crippen LogP contribution is 2.29. The largest absolute Gasteiger partial charge is 0.497 e. The normalized spacial score (nSPS) is 11.0. The van der Waals surface area contributed by atoms with Crippen molar-refractivity contribution in [2.24, 2.45) is 0 Å². The van der Waals surface area contributed by atoms with Gasteiger partial charge in [-0.2, -0.15) is 13.2 Å². The van der Waals surface area contributed by atoms with Crippen molar-refractivity contribution >= 4 is 11.7 Å². The predicted molar refractivity (Wildman–Crippen MR) is 92.3 cm³/mol. The van der Waals surface area contributed by atoms with Crippen LogP contribution in [0, 0.1) is 0 Å². The van der Waals surface area contributed by atoms with Gasteiger partial charge in [-0.3, -0.25) is 9.59 Å². The highest BCUT2D eigenvalue weighted by molar-refractivity contribution is 5.97. The molecule has 0 aliphatic rings. The maximum atomic E-state index is 12.5. The zero-order valence-electron chi connectivity index (χ0n) is 14.7. The van der Waals surface area contributed by atoms with Crippen molar-refractivity contribution < 1.29 is 32.2 Å². The molecule has 5 nitrogen and oxygen atoms in total.